The van der Waals surface area contributed by atoms with Gasteiger partial charge in [0.1, 0.15) is 6.04 Å². The fourth-order valence-electron chi connectivity index (χ4n) is 8.64. The average Bonchev–Trinajstić information content (AvgIpc) is 3.29. The largest absolute Gasteiger partial charge is 0.418 e. The van der Waals surface area contributed by atoms with Crippen molar-refractivity contribution in [2.75, 3.05) is 70.5 Å². The number of para-hydroxylation sites is 1. The number of carbonyl (C=O) groups excluding carboxylic acids is 3. The highest BCUT2D eigenvalue weighted by molar-refractivity contribution is 5.91. The van der Waals surface area contributed by atoms with Crippen LogP contribution in [0.5, 0.6) is 0 Å². The minimum absolute atomic E-state index is 0.000942. The Morgan fingerprint density at radius 3 is 2.18 bits per heavy atom. The first-order valence-corrected chi connectivity index (χ1v) is 18.5. The fraction of sp³-hybridized carbons (Fsp3) is 0.605. The summed E-state index contributed by atoms with van der Waals surface area (Å²) in [4.78, 5) is 48.7. The molecular formula is C38H52F3N7O3. The van der Waals surface area contributed by atoms with Crippen LogP contribution in [0.2, 0.25) is 0 Å². The molecule has 0 radical (unpaired) electrons. The van der Waals surface area contributed by atoms with E-state index >= 15 is 0 Å². The number of benzene rings is 2. The van der Waals surface area contributed by atoms with Crippen LogP contribution in [0.1, 0.15) is 60.8 Å². The molecule has 0 spiro atoms. The van der Waals surface area contributed by atoms with E-state index in [1.807, 2.05) is 29.2 Å². The van der Waals surface area contributed by atoms with E-state index in [-0.39, 0.29) is 30.1 Å². The normalized spacial score (nSPS) is 20.7. The molecule has 5 amide bonds. The van der Waals surface area contributed by atoms with Crippen molar-refractivity contribution in [3.63, 3.8) is 0 Å². The number of fused-ring (bicyclic) bond motifs is 1. The van der Waals surface area contributed by atoms with E-state index in [1.54, 1.807) is 22.8 Å². The van der Waals surface area contributed by atoms with Crippen LogP contribution in [0.25, 0.3) is 0 Å². The topological polar surface area (TPSA) is 100 Å². The highest BCUT2D eigenvalue weighted by atomic mass is 19.4. The quantitative estimate of drug-likeness (QED) is 0.337. The Hall–Kier alpha value is -4.00. The number of amides is 5. The molecule has 51 heavy (non-hydrogen) atoms. The fourth-order valence-corrected chi connectivity index (χ4v) is 8.64. The summed E-state index contributed by atoms with van der Waals surface area (Å²) in [7, 11) is 3.60. The van der Waals surface area contributed by atoms with Gasteiger partial charge in [0.05, 0.1) is 5.56 Å². The van der Waals surface area contributed by atoms with Crippen molar-refractivity contribution < 1.29 is 27.6 Å². The lowest BCUT2D eigenvalue weighted by atomic mass is 9.79. The number of hydrogen-bond donors (Lipinski definition) is 3. The van der Waals surface area contributed by atoms with E-state index in [4.69, 9.17) is 0 Å². The minimum Gasteiger partial charge on any atom is -0.387 e. The summed E-state index contributed by atoms with van der Waals surface area (Å²) in [5.74, 6) is 0.926. The van der Waals surface area contributed by atoms with E-state index in [9.17, 15) is 27.6 Å². The van der Waals surface area contributed by atoms with Crippen molar-refractivity contribution in [1.82, 2.24) is 24.9 Å². The van der Waals surface area contributed by atoms with E-state index in [0.29, 0.717) is 68.5 Å². The highest BCUT2D eigenvalue weighted by Crippen LogP contribution is 2.38. The van der Waals surface area contributed by atoms with Crippen LogP contribution in [0.15, 0.2) is 36.4 Å². The summed E-state index contributed by atoms with van der Waals surface area (Å²) in [6.45, 7) is 6.29. The third-order valence-electron chi connectivity index (χ3n) is 11.6. The first-order chi connectivity index (χ1) is 24.4. The zero-order valence-electron chi connectivity index (χ0n) is 30.0. The van der Waals surface area contributed by atoms with Gasteiger partial charge in [-0.2, -0.15) is 13.2 Å². The third-order valence-corrected chi connectivity index (χ3v) is 11.6. The number of aryl methyl sites for hydroxylation is 1. The number of anilines is 2. The first-order valence-electron chi connectivity index (χ1n) is 18.5. The number of urea groups is 2. The van der Waals surface area contributed by atoms with Gasteiger partial charge in [-0.1, -0.05) is 24.3 Å². The van der Waals surface area contributed by atoms with Crippen LogP contribution < -0.4 is 16.0 Å². The van der Waals surface area contributed by atoms with E-state index in [1.165, 1.54) is 7.05 Å². The van der Waals surface area contributed by atoms with E-state index in [0.717, 1.165) is 62.5 Å². The lowest BCUT2D eigenvalue weighted by molar-refractivity contribution is -0.137. The minimum atomic E-state index is -4.59. The molecule has 4 aliphatic heterocycles. The standard InChI is InChI=1S/C38H52F3N7O3/c1-25-22-26(23-31(34(25)42-2)38(39,40)41)24-33(35(49)46-17-10-28(11-18-46)27-8-15-45(3)16-9-27)44-36(50)47-19-13-30(14-20-47)48-21-12-29-6-4-5-7-32(29)43-37(48)51/h4-7,22-23,27-28,30,33,42H,8-21,24H2,1-3H3,(H,43,51)(H,44,50)/t33-/m1/s1. The van der Waals surface area contributed by atoms with Crippen LogP contribution in [-0.4, -0.2) is 110 Å². The summed E-state index contributed by atoms with van der Waals surface area (Å²) in [6.07, 6.45) is 1.34. The van der Waals surface area contributed by atoms with E-state index in [2.05, 4.69) is 27.9 Å². The van der Waals surface area contributed by atoms with Crippen LogP contribution in [0.3, 0.4) is 0 Å². The predicted octanol–water partition coefficient (Wildman–Crippen LogP) is 5.81. The van der Waals surface area contributed by atoms with Gasteiger partial charge in [0.2, 0.25) is 5.91 Å². The van der Waals surface area contributed by atoms with Gasteiger partial charge >= 0.3 is 18.2 Å². The molecule has 6 rings (SSSR count). The van der Waals surface area contributed by atoms with Gasteiger partial charge in [-0.3, -0.25) is 4.79 Å². The summed E-state index contributed by atoms with van der Waals surface area (Å²) in [6, 6.07) is 8.90. The second-order valence-electron chi connectivity index (χ2n) is 14.8. The molecule has 10 nitrogen and oxygen atoms in total. The van der Waals surface area contributed by atoms with Gasteiger partial charge in [-0.25, -0.2) is 9.59 Å². The second-order valence-corrected chi connectivity index (χ2v) is 14.8. The van der Waals surface area contributed by atoms with Crippen LogP contribution in [0.4, 0.5) is 34.1 Å². The second kappa shape index (κ2) is 15.7. The molecular weight excluding hydrogens is 659 g/mol. The maximum absolute atomic E-state index is 14.2. The molecule has 3 saturated heterocycles. The van der Waals surface area contributed by atoms with Gasteiger partial charge < -0.3 is 35.6 Å². The third kappa shape index (κ3) is 8.56. The zero-order chi connectivity index (χ0) is 36.3. The SMILES string of the molecule is CNc1c(C)cc(C[C@@H](NC(=O)N2CCC(N3CCc4ccccc4NC3=O)CC2)C(=O)N2CCC(C3CCN(C)CC3)CC2)cc1C(F)(F)F. The van der Waals surface area contributed by atoms with Crippen LogP contribution >= 0.6 is 0 Å². The van der Waals surface area contributed by atoms with E-state index < -0.39 is 23.8 Å². The predicted molar refractivity (Wildman–Crippen MR) is 192 cm³/mol. The maximum Gasteiger partial charge on any atom is 0.418 e. The number of hydrogen-bond acceptors (Lipinski definition) is 5. The molecule has 0 unspecified atom stereocenters. The number of likely N-dealkylation sites (tertiary alicyclic amines) is 3. The average molecular weight is 712 g/mol. The Labute approximate surface area is 299 Å². The summed E-state index contributed by atoms with van der Waals surface area (Å²) < 4.78 is 42.3. The van der Waals surface area contributed by atoms with Crippen molar-refractivity contribution in [3.05, 3.63) is 58.7 Å². The molecule has 0 aromatic heterocycles. The smallest absolute Gasteiger partial charge is 0.387 e. The summed E-state index contributed by atoms with van der Waals surface area (Å²) in [5, 5.41) is 8.63. The zero-order valence-corrected chi connectivity index (χ0v) is 30.0. The Morgan fingerprint density at radius 2 is 1.53 bits per heavy atom. The molecule has 1 atom stereocenters. The molecule has 278 valence electrons. The molecule has 0 saturated carbocycles. The number of nitrogens with one attached hydrogen (secondary N) is 3. The lowest BCUT2D eigenvalue weighted by Crippen LogP contribution is -2.57. The molecule has 2 aromatic rings. The summed E-state index contributed by atoms with van der Waals surface area (Å²) >= 11 is 0. The molecule has 4 heterocycles. The molecule has 13 heteroatoms. The van der Waals surface area contributed by atoms with Gasteiger partial charge in [-0.05, 0) is 113 Å². The molecule has 4 aliphatic rings. The van der Waals surface area contributed by atoms with Gasteiger partial charge in [0.15, 0.2) is 0 Å². The number of alkyl halides is 3. The number of nitrogens with zero attached hydrogens (tertiary/aromatic N) is 4. The van der Waals surface area contributed by atoms with Crippen molar-refractivity contribution in [2.24, 2.45) is 11.8 Å². The van der Waals surface area contributed by atoms with Crippen LogP contribution in [-0.2, 0) is 23.8 Å². The molecule has 0 bridgehead atoms. The monoisotopic (exact) mass is 711 g/mol. The van der Waals surface area contributed by atoms with Gasteiger partial charge in [-0.15, -0.1) is 0 Å². The lowest BCUT2D eigenvalue weighted by Gasteiger charge is -2.41. The number of carbonyl (C=O) groups is 3. The van der Waals surface area contributed by atoms with Crippen LogP contribution in [0, 0.1) is 18.8 Å². The van der Waals surface area contributed by atoms with Gasteiger partial charge in [0.25, 0.3) is 0 Å². The Kier molecular flexibility index (Phi) is 11.3. The number of piperidine rings is 3. The first kappa shape index (κ1) is 36.8. The van der Waals surface area contributed by atoms with Gasteiger partial charge in [0, 0.05) is 63.6 Å². The molecule has 2 aromatic carbocycles. The number of rotatable bonds is 7. The number of halogens is 3. The highest BCUT2D eigenvalue weighted by Gasteiger charge is 2.38. The van der Waals surface area contributed by atoms with Crippen molar-refractivity contribution in [3.8, 4) is 0 Å². The van der Waals surface area contributed by atoms with Crippen molar-refractivity contribution in [1.29, 1.82) is 0 Å². The Bertz CT molecular complexity index is 1560. The molecule has 3 N–H and O–H groups in total. The van der Waals surface area contributed by atoms with Crippen molar-refractivity contribution in [2.45, 2.75) is 76.6 Å². The Morgan fingerprint density at radius 1 is 0.902 bits per heavy atom. The maximum atomic E-state index is 14.2. The van der Waals surface area contributed by atoms with Crippen molar-refractivity contribution >= 4 is 29.3 Å². The molecule has 0 aliphatic carbocycles. The molecule has 3 fully saturated rings. The Balaban J connectivity index is 1.13. The summed E-state index contributed by atoms with van der Waals surface area (Å²) in [5.41, 5.74) is 1.87.